The van der Waals surface area contributed by atoms with Gasteiger partial charge in [-0.2, -0.15) is 0 Å². The van der Waals surface area contributed by atoms with Crippen LogP contribution in [0, 0.1) is 5.92 Å². The van der Waals surface area contributed by atoms with Crippen LogP contribution in [0.4, 0.5) is 0 Å². The van der Waals surface area contributed by atoms with Crippen LogP contribution in [-0.2, 0) is 0 Å². The SMILES string of the molecule is C1=CC2C=C(C=C1c1cc3ccccn3c1)CNC2. The lowest BCUT2D eigenvalue weighted by molar-refractivity contribution is 0.631. The smallest absolute Gasteiger partial charge is 0.0456 e. The van der Waals surface area contributed by atoms with Gasteiger partial charge in [-0.1, -0.05) is 30.4 Å². The van der Waals surface area contributed by atoms with Gasteiger partial charge in [0.1, 0.15) is 0 Å². The van der Waals surface area contributed by atoms with Crippen LogP contribution in [0.25, 0.3) is 11.1 Å². The molecule has 3 heterocycles. The maximum atomic E-state index is 3.46. The summed E-state index contributed by atoms with van der Waals surface area (Å²) in [5.74, 6) is 0.537. The molecule has 0 fully saturated rings. The molecule has 1 N–H and O–H groups in total. The van der Waals surface area contributed by atoms with Crippen molar-refractivity contribution in [2.45, 2.75) is 0 Å². The minimum atomic E-state index is 0.537. The maximum absolute atomic E-state index is 3.46. The summed E-state index contributed by atoms with van der Waals surface area (Å²) in [6.45, 7) is 2.04. The van der Waals surface area contributed by atoms with E-state index in [0.717, 1.165) is 13.1 Å². The van der Waals surface area contributed by atoms with Crippen molar-refractivity contribution in [2.75, 3.05) is 13.1 Å². The lowest BCUT2D eigenvalue weighted by Crippen LogP contribution is -2.27. The average molecular weight is 248 g/mol. The molecule has 0 saturated carbocycles. The van der Waals surface area contributed by atoms with Gasteiger partial charge in [-0.25, -0.2) is 0 Å². The summed E-state index contributed by atoms with van der Waals surface area (Å²) in [4.78, 5) is 0. The summed E-state index contributed by atoms with van der Waals surface area (Å²) in [5, 5.41) is 3.46. The van der Waals surface area contributed by atoms with Crippen molar-refractivity contribution in [1.82, 2.24) is 9.72 Å². The number of allylic oxidation sites excluding steroid dienone is 2. The highest BCUT2D eigenvalue weighted by atomic mass is 14.9. The number of hydrogen-bond donors (Lipinski definition) is 1. The highest BCUT2D eigenvalue weighted by molar-refractivity contribution is 5.79. The quantitative estimate of drug-likeness (QED) is 0.820. The van der Waals surface area contributed by atoms with E-state index in [4.69, 9.17) is 0 Å². The van der Waals surface area contributed by atoms with Crippen molar-refractivity contribution in [2.24, 2.45) is 5.92 Å². The normalized spacial score (nSPS) is 22.0. The molecule has 19 heavy (non-hydrogen) atoms. The predicted molar refractivity (Wildman–Crippen MR) is 79.0 cm³/mol. The van der Waals surface area contributed by atoms with E-state index in [2.05, 4.69) is 70.7 Å². The molecule has 0 radical (unpaired) electrons. The summed E-state index contributed by atoms with van der Waals surface area (Å²) in [7, 11) is 0. The molecule has 2 nitrogen and oxygen atoms in total. The third kappa shape index (κ3) is 1.94. The monoisotopic (exact) mass is 248 g/mol. The molecule has 1 aliphatic heterocycles. The van der Waals surface area contributed by atoms with Crippen LogP contribution in [0.5, 0.6) is 0 Å². The summed E-state index contributed by atoms with van der Waals surface area (Å²) in [5.41, 5.74) is 5.23. The fraction of sp³-hybridized carbons (Fsp3) is 0.176. The third-order valence-electron chi connectivity index (χ3n) is 3.84. The van der Waals surface area contributed by atoms with Crippen molar-refractivity contribution < 1.29 is 0 Å². The second-order valence-corrected chi connectivity index (χ2v) is 5.26. The average Bonchev–Trinajstić information content (AvgIpc) is 2.81. The standard InChI is InChI=1S/C17H16N2/c1-2-6-19-12-16(9-17(19)3-1)15-5-4-13-7-14(8-15)11-18-10-13/h1-9,12-13,18H,10-11H2. The largest absolute Gasteiger partial charge is 0.323 e. The van der Waals surface area contributed by atoms with Crippen molar-refractivity contribution in [3.63, 3.8) is 0 Å². The highest BCUT2D eigenvalue weighted by Gasteiger charge is 2.13. The Hall–Kier alpha value is -2.06. The third-order valence-corrected chi connectivity index (χ3v) is 3.84. The fourth-order valence-electron chi connectivity index (χ4n) is 2.87. The van der Waals surface area contributed by atoms with Gasteiger partial charge in [0.05, 0.1) is 0 Å². The van der Waals surface area contributed by atoms with Gasteiger partial charge in [-0.05, 0) is 29.3 Å². The first-order valence-electron chi connectivity index (χ1n) is 6.77. The minimum absolute atomic E-state index is 0.537. The molecule has 2 heteroatoms. The molecule has 4 rings (SSSR count). The number of fused-ring (bicyclic) bond motifs is 2. The molecule has 0 saturated heterocycles. The van der Waals surface area contributed by atoms with E-state index in [0.29, 0.717) is 5.92 Å². The van der Waals surface area contributed by atoms with Crippen LogP contribution in [0.3, 0.4) is 0 Å². The zero-order chi connectivity index (χ0) is 12.7. The Morgan fingerprint density at radius 3 is 3.21 bits per heavy atom. The van der Waals surface area contributed by atoms with Crippen molar-refractivity contribution in [3.8, 4) is 0 Å². The van der Waals surface area contributed by atoms with E-state index < -0.39 is 0 Å². The summed E-state index contributed by atoms with van der Waals surface area (Å²) in [6.07, 6.45) is 13.5. The molecule has 2 aliphatic rings. The minimum Gasteiger partial charge on any atom is -0.323 e. The first-order chi connectivity index (χ1) is 9.38. The van der Waals surface area contributed by atoms with Gasteiger partial charge in [0.25, 0.3) is 0 Å². The molecular weight excluding hydrogens is 232 g/mol. The molecule has 0 amide bonds. The number of hydrogen-bond acceptors (Lipinski definition) is 1. The van der Waals surface area contributed by atoms with Crippen molar-refractivity contribution in [1.29, 1.82) is 0 Å². The Labute approximate surface area is 112 Å². The van der Waals surface area contributed by atoms with Crippen LogP contribution in [0.2, 0.25) is 0 Å². The molecule has 1 aliphatic carbocycles. The molecule has 1 atom stereocenters. The zero-order valence-electron chi connectivity index (χ0n) is 10.7. The molecule has 2 aromatic rings. The maximum Gasteiger partial charge on any atom is 0.0456 e. The van der Waals surface area contributed by atoms with Gasteiger partial charge < -0.3 is 9.72 Å². The van der Waals surface area contributed by atoms with Gasteiger partial charge in [0, 0.05) is 42.5 Å². The number of aromatic nitrogens is 1. The Morgan fingerprint density at radius 1 is 1.26 bits per heavy atom. The Balaban J connectivity index is 1.81. The van der Waals surface area contributed by atoms with Crippen LogP contribution >= 0.6 is 0 Å². The lowest BCUT2D eigenvalue weighted by Gasteiger charge is -2.16. The van der Waals surface area contributed by atoms with Gasteiger partial charge in [0.2, 0.25) is 0 Å². The van der Waals surface area contributed by atoms with Crippen LogP contribution in [-0.4, -0.2) is 17.5 Å². The highest BCUT2D eigenvalue weighted by Crippen LogP contribution is 2.26. The van der Waals surface area contributed by atoms with Gasteiger partial charge in [0.15, 0.2) is 0 Å². The van der Waals surface area contributed by atoms with Gasteiger partial charge in [-0.3, -0.25) is 0 Å². The van der Waals surface area contributed by atoms with Crippen LogP contribution in [0.15, 0.2) is 66.5 Å². The molecule has 2 bridgehead atoms. The molecule has 94 valence electrons. The fourth-order valence-corrected chi connectivity index (χ4v) is 2.87. The molecule has 2 aromatic heterocycles. The van der Waals surface area contributed by atoms with E-state index in [1.807, 2.05) is 0 Å². The molecule has 0 aromatic carbocycles. The van der Waals surface area contributed by atoms with E-state index in [1.165, 1.54) is 22.2 Å². The number of nitrogens with zero attached hydrogens (tertiary/aromatic N) is 1. The Kier molecular flexibility index (Phi) is 2.42. The topological polar surface area (TPSA) is 16.4 Å². The van der Waals surface area contributed by atoms with Gasteiger partial charge in [-0.15, -0.1) is 0 Å². The Morgan fingerprint density at radius 2 is 2.26 bits per heavy atom. The van der Waals surface area contributed by atoms with Gasteiger partial charge >= 0.3 is 0 Å². The first-order valence-corrected chi connectivity index (χ1v) is 6.77. The number of rotatable bonds is 1. The zero-order valence-corrected chi connectivity index (χ0v) is 10.7. The van der Waals surface area contributed by atoms with E-state index in [9.17, 15) is 0 Å². The summed E-state index contributed by atoms with van der Waals surface area (Å²) >= 11 is 0. The van der Waals surface area contributed by atoms with E-state index >= 15 is 0 Å². The predicted octanol–water partition coefficient (Wildman–Crippen LogP) is 3.04. The van der Waals surface area contributed by atoms with Crippen LogP contribution < -0.4 is 5.32 Å². The summed E-state index contributed by atoms with van der Waals surface area (Å²) < 4.78 is 2.17. The van der Waals surface area contributed by atoms with Crippen molar-refractivity contribution >= 4 is 11.1 Å². The molecule has 0 spiro atoms. The Bertz CT molecular complexity index is 683. The number of pyridine rings is 1. The van der Waals surface area contributed by atoms with Crippen LogP contribution in [0.1, 0.15) is 5.56 Å². The molecular formula is C17H16N2. The lowest BCUT2D eigenvalue weighted by atomic mass is 10.0. The number of nitrogens with one attached hydrogen (secondary N) is 1. The second-order valence-electron chi connectivity index (χ2n) is 5.26. The van der Waals surface area contributed by atoms with Crippen molar-refractivity contribution in [3.05, 3.63) is 72.1 Å². The molecule has 1 unspecified atom stereocenters. The van der Waals surface area contributed by atoms with E-state index in [-0.39, 0.29) is 0 Å². The first kappa shape index (κ1) is 10.8. The van der Waals surface area contributed by atoms with E-state index in [1.54, 1.807) is 0 Å². The summed E-state index contributed by atoms with van der Waals surface area (Å²) in [6, 6.07) is 8.53. The second kappa shape index (κ2) is 4.25.